The number of nitrogens with one attached hydrogen (secondary N) is 2. The Hall–Kier alpha value is -3.06. The molecular weight excluding hydrogens is 432 g/mol. The highest BCUT2D eigenvalue weighted by Gasteiger charge is 2.07. The Morgan fingerprint density at radius 2 is 1.80 bits per heavy atom. The van der Waals surface area contributed by atoms with Crippen molar-refractivity contribution in [3.63, 3.8) is 0 Å². The van der Waals surface area contributed by atoms with Crippen molar-refractivity contribution >= 4 is 33.7 Å². The lowest BCUT2D eigenvalue weighted by atomic mass is 10.1. The third-order valence-corrected chi connectivity index (χ3v) is 4.49. The minimum atomic E-state index is -3.70. The van der Waals surface area contributed by atoms with Gasteiger partial charge >= 0.3 is 0 Å². The number of halogens is 1. The van der Waals surface area contributed by atoms with Crippen molar-refractivity contribution in [1.82, 2.24) is 24.7 Å². The maximum Gasteiger partial charge on any atom is 0.274 e. The van der Waals surface area contributed by atoms with Crippen molar-refractivity contribution in [1.29, 1.82) is 0 Å². The van der Waals surface area contributed by atoms with Crippen LogP contribution in [0.3, 0.4) is 0 Å². The van der Waals surface area contributed by atoms with Crippen molar-refractivity contribution in [2.75, 3.05) is 17.6 Å². The van der Waals surface area contributed by atoms with Crippen LogP contribution >= 0.6 is 11.6 Å². The number of nitrogen functional groups attached to an aromatic ring is 1. The molecule has 13 heteroatoms. The summed E-state index contributed by atoms with van der Waals surface area (Å²) >= 11 is 5.76. The van der Waals surface area contributed by atoms with Crippen molar-refractivity contribution in [2.24, 2.45) is 5.14 Å². The fourth-order valence-electron chi connectivity index (χ4n) is 2.39. The molecule has 30 heavy (non-hydrogen) atoms. The minimum Gasteiger partial charge on any atom is -0.439 e. The molecule has 0 saturated heterocycles. The van der Waals surface area contributed by atoms with E-state index in [1.165, 1.54) is 12.4 Å². The molecule has 6 N–H and O–H groups in total. The number of aromatic nitrogens is 4. The Morgan fingerprint density at radius 1 is 1.10 bits per heavy atom. The van der Waals surface area contributed by atoms with E-state index in [-0.39, 0.29) is 18.4 Å². The van der Waals surface area contributed by atoms with Gasteiger partial charge in [0.05, 0.1) is 29.7 Å². The first-order chi connectivity index (χ1) is 14.3. The first kappa shape index (κ1) is 21.6. The second kappa shape index (κ2) is 9.63. The Labute approximate surface area is 178 Å². The summed E-state index contributed by atoms with van der Waals surface area (Å²) in [5.41, 5.74) is 7.27. The van der Waals surface area contributed by atoms with Crippen LogP contribution in [0.5, 0.6) is 11.6 Å². The molecule has 0 bridgehead atoms. The first-order valence-corrected chi connectivity index (χ1v) is 10.6. The van der Waals surface area contributed by atoms with Crippen LogP contribution in [0.2, 0.25) is 5.02 Å². The van der Waals surface area contributed by atoms with Gasteiger partial charge in [-0.05, 0) is 24.1 Å². The summed E-state index contributed by atoms with van der Waals surface area (Å²) < 4.78 is 29.7. The molecule has 0 atom stereocenters. The Balaban J connectivity index is 1.60. The first-order valence-electron chi connectivity index (χ1n) is 8.66. The summed E-state index contributed by atoms with van der Waals surface area (Å²) in [5.74, 6) is 1.27. The standard InChI is InChI=1S/C17H19ClN8O3S/c18-12-8-21-17(22-9-12)23-10-13-7-15(26-16(19)25-13)29-14-3-1-11(2-4-14)5-6-24-30(20,27)28/h1-4,7-9,24H,5-6,10H2,(H2,19,25,26)(H2,20,27,28)(H,21,22,23). The van der Waals surface area contributed by atoms with Gasteiger partial charge in [-0.2, -0.15) is 13.4 Å². The molecule has 0 saturated carbocycles. The van der Waals surface area contributed by atoms with Gasteiger partial charge in [0.15, 0.2) is 0 Å². The highest BCUT2D eigenvalue weighted by molar-refractivity contribution is 7.87. The summed E-state index contributed by atoms with van der Waals surface area (Å²) in [6, 6.07) is 8.74. The van der Waals surface area contributed by atoms with Crippen LogP contribution in [0.25, 0.3) is 0 Å². The predicted octanol–water partition coefficient (Wildman–Crippen LogP) is 1.24. The lowest BCUT2D eigenvalue weighted by Gasteiger charge is -2.09. The molecule has 0 unspecified atom stereocenters. The van der Waals surface area contributed by atoms with Crippen LogP contribution < -0.4 is 25.6 Å². The largest absolute Gasteiger partial charge is 0.439 e. The average molecular weight is 451 g/mol. The topological polar surface area (TPSA) is 171 Å². The molecular formula is C17H19ClN8O3S. The maximum atomic E-state index is 10.9. The molecule has 2 aromatic heterocycles. The van der Waals surface area contributed by atoms with E-state index in [4.69, 9.17) is 27.2 Å². The summed E-state index contributed by atoms with van der Waals surface area (Å²) in [5, 5.41) is 8.34. The fourth-order valence-corrected chi connectivity index (χ4v) is 2.87. The molecule has 3 aromatic rings. The van der Waals surface area contributed by atoms with Crippen LogP contribution in [-0.2, 0) is 23.2 Å². The number of anilines is 2. The van der Waals surface area contributed by atoms with E-state index in [0.29, 0.717) is 35.4 Å². The van der Waals surface area contributed by atoms with E-state index >= 15 is 0 Å². The Bertz CT molecular complexity index is 1090. The number of nitrogens with zero attached hydrogens (tertiary/aromatic N) is 4. The molecule has 3 rings (SSSR count). The van der Waals surface area contributed by atoms with Crippen LogP contribution in [0.1, 0.15) is 11.3 Å². The minimum absolute atomic E-state index is 0.0620. The van der Waals surface area contributed by atoms with E-state index in [1.807, 2.05) is 12.1 Å². The molecule has 0 radical (unpaired) electrons. The predicted molar refractivity (Wildman–Crippen MR) is 112 cm³/mol. The van der Waals surface area contributed by atoms with Gasteiger partial charge < -0.3 is 15.8 Å². The lowest BCUT2D eigenvalue weighted by molar-refractivity contribution is 0.461. The monoisotopic (exact) mass is 450 g/mol. The van der Waals surface area contributed by atoms with Crippen molar-refractivity contribution in [3.05, 3.63) is 59.0 Å². The Morgan fingerprint density at radius 3 is 2.47 bits per heavy atom. The molecule has 1 aromatic carbocycles. The van der Waals surface area contributed by atoms with Crippen LogP contribution in [0.4, 0.5) is 11.9 Å². The summed E-state index contributed by atoms with van der Waals surface area (Å²) in [6.45, 7) is 0.510. The second-order valence-corrected chi connectivity index (χ2v) is 7.88. The number of nitrogens with two attached hydrogens (primary N) is 2. The normalized spacial score (nSPS) is 11.3. The summed E-state index contributed by atoms with van der Waals surface area (Å²) in [6.07, 6.45) is 3.45. The molecule has 11 nitrogen and oxygen atoms in total. The quantitative estimate of drug-likeness (QED) is 0.374. The zero-order valence-corrected chi connectivity index (χ0v) is 17.2. The van der Waals surface area contributed by atoms with Gasteiger partial charge in [0.1, 0.15) is 5.75 Å². The van der Waals surface area contributed by atoms with Gasteiger partial charge in [0.25, 0.3) is 10.2 Å². The number of hydrogen-bond acceptors (Lipinski definition) is 9. The molecule has 0 aliphatic heterocycles. The fraction of sp³-hybridized carbons (Fsp3) is 0.176. The number of rotatable bonds is 9. The highest BCUT2D eigenvalue weighted by Crippen LogP contribution is 2.21. The van der Waals surface area contributed by atoms with Gasteiger partial charge in [0.2, 0.25) is 17.8 Å². The van der Waals surface area contributed by atoms with E-state index in [2.05, 4.69) is 30.0 Å². The zero-order chi connectivity index (χ0) is 21.6. The molecule has 0 spiro atoms. The van der Waals surface area contributed by atoms with Crippen LogP contribution in [0, 0.1) is 0 Å². The second-order valence-electron chi connectivity index (χ2n) is 6.07. The number of hydrogen-bond donors (Lipinski definition) is 4. The number of benzene rings is 1. The highest BCUT2D eigenvalue weighted by atomic mass is 35.5. The van der Waals surface area contributed by atoms with Gasteiger partial charge in [-0.3, -0.25) is 0 Å². The molecule has 158 valence electrons. The van der Waals surface area contributed by atoms with Gasteiger partial charge in [-0.25, -0.2) is 24.8 Å². The summed E-state index contributed by atoms with van der Waals surface area (Å²) in [7, 11) is -3.70. The smallest absolute Gasteiger partial charge is 0.274 e. The SMILES string of the molecule is Nc1nc(CNc2ncc(Cl)cn2)cc(Oc2ccc(CCNS(N)(=O)=O)cc2)n1. The molecule has 0 aliphatic rings. The lowest BCUT2D eigenvalue weighted by Crippen LogP contribution is -2.32. The zero-order valence-electron chi connectivity index (χ0n) is 15.6. The van der Waals surface area contributed by atoms with Gasteiger partial charge in [-0.1, -0.05) is 23.7 Å². The maximum absolute atomic E-state index is 10.9. The van der Waals surface area contributed by atoms with E-state index in [9.17, 15) is 8.42 Å². The van der Waals surface area contributed by atoms with Crippen molar-refractivity contribution < 1.29 is 13.2 Å². The summed E-state index contributed by atoms with van der Waals surface area (Å²) in [4.78, 5) is 16.3. The molecule has 0 fully saturated rings. The Kier molecular flexibility index (Phi) is 6.95. The third kappa shape index (κ3) is 7.08. The van der Waals surface area contributed by atoms with Gasteiger partial charge in [-0.15, -0.1) is 0 Å². The van der Waals surface area contributed by atoms with Crippen LogP contribution in [0.15, 0.2) is 42.7 Å². The molecule has 0 aliphatic carbocycles. The van der Waals surface area contributed by atoms with Crippen LogP contribution in [-0.4, -0.2) is 34.9 Å². The molecule has 0 amide bonds. The van der Waals surface area contributed by atoms with Gasteiger partial charge in [0, 0.05) is 12.6 Å². The van der Waals surface area contributed by atoms with Crippen molar-refractivity contribution in [2.45, 2.75) is 13.0 Å². The van der Waals surface area contributed by atoms with E-state index < -0.39 is 10.2 Å². The third-order valence-electron chi connectivity index (χ3n) is 3.68. The van der Waals surface area contributed by atoms with Crippen molar-refractivity contribution in [3.8, 4) is 11.6 Å². The average Bonchev–Trinajstić information content (AvgIpc) is 2.68. The number of ether oxygens (including phenoxy) is 1. The molecule has 2 heterocycles. The van der Waals surface area contributed by atoms with E-state index in [0.717, 1.165) is 5.56 Å². The van der Waals surface area contributed by atoms with E-state index in [1.54, 1.807) is 18.2 Å².